The first-order chi connectivity index (χ1) is 9.49. The molecule has 1 unspecified atom stereocenters. The molecule has 104 valence electrons. The van der Waals surface area contributed by atoms with E-state index in [9.17, 15) is 4.79 Å². The zero-order valence-corrected chi connectivity index (χ0v) is 13.8. The monoisotopic (exact) mass is 371 g/mol. The molecule has 0 heterocycles. The van der Waals surface area contributed by atoms with Crippen molar-refractivity contribution in [3.8, 4) is 0 Å². The predicted molar refractivity (Wildman–Crippen MR) is 86.5 cm³/mol. The van der Waals surface area contributed by atoms with Crippen LogP contribution in [-0.2, 0) is 0 Å². The van der Waals surface area contributed by atoms with Crippen LogP contribution in [0.1, 0.15) is 28.9 Å². The van der Waals surface area contributed by atoms with E-state index in [2.05, 4.69) is 21.2 Å². The van der Waals surface area contributed by atoms with Crippen LogP contribution < -0.4 is 5.32 Å². The molecule has 2 rings (SSSR count). The van der Waals surface area contributed by atoms with Gasteiger partial charge in [0.25, 0.3) is 5.91 Å². The second kappa shape index (κ2) is 6.61. The molecule has 0 aliphatic carbocycles. The van der Waals surface area contributed by atoms with E-state index in [1.54, 1.807) is 18.2 Å². The van der Waals surface area contributed by atoms with Gasteiger partial charge < -0.3 is 5.32 Å². The summed E-state index contributed by atoms with van der Waals surface area (Å²) in [5.74, 6) is -0.243. The van der Waals surface area contributed by atoms with E-state index in [-0.39, 0.29) is 17.0 Å². The van der Waals surface area contributed by atoms with Crippen molar-refractivity contribution in [3.05, 3.63) is 68.1 Å². The van der Waals surface area contributed by atoms with Gasteiger partial charge in [0, 0.05) is 4.47 Å². The summed E-state index contributed by atoms with van der Waals surface area (Å²) in [6, 6.07) is 12.7. The number of halogens is 3. The summed E-state index contributed by atoms with van der Waals surface area (Å²) in [7, 11) is 0. The van der Waals surface area contributed by atoms with Crippen LogP contribution in [0.25, 0.3) is 0 Å². The van der Waals surface area contributed by atoms with Crippen LogP contribution in [0.2, 0.25) is 10.0 Å². The number of carbonyl (C=O) groups excluding carboxylic acids is 1. The van der Waals surface area contributed by atoms with E-state index in [1.165, 1.54) is 0 Å². The first-order valence-electron chi connectivity index (χ1n) is 5.99. The van der Waals surface area contributed by atoms with Gasteiger partial charge in [0.05, 0.1) is 21.7 Å². The van der Waals surface area contributed by atoms with Gasteiger partial charge in [-0.05, 0) is 36.8 Å². The summed E-state index contributed by atoms with van der Waals surface area (Å²) in [6.45, 7) is 1.92. The Hall–Kier alpha value is -1.03. The minimum atomic E-state index is -0.243. The Bertz CT molecular complexity index is 628. The molecule has 0 saturated carbocycles. The Morgan fingerprint density at radius 3 is 2.45 bits per heavy atom. The van der Waals surface area contributed by atoms with Gasteiger partial charge >= 0.3 is 0 Å². The van der Waals surface area contributed by atoms with Crippen molar-refractivity contribution < 1.29 is 4.79 Å². The molecule has 0 fully saturated rings. The Balaban J connectivity index is 2.15. The van der Waals surface area contributed by atoms with Gasteiger partial charge in [-0.25, -0.2) is 0 Å². The third kappa shape index (κ3) is 3.54. The van der Waals surface area contributed by atoms with E-state index >= 15 is 0 Å². The maximum atomic E-state index is 12.2. The topological polar surface area (TPSA) is 29.1 Å². The number of benzene rings is 2. The third-order valence-electron chi connectivity index (χ3n) is 2.91. The summed E-state index contributed by atoms with van der Waals surface area (Å²) in [5, 5.41) is 3.55. The average molecular weight is 373 g/mol. The molecule has 1 amide bonds. The quantitative estimate of drug-likeness (QED) is 0.783. The summed E-state index contributed by atoms with van der Waals surface area (Å²) in [4.78, 5) is 12.2. The van der Waals surface area contributed by atoms with Crippen molar-refractivity contribution in [2.75, 3.05) is 0 Å². The minimum absolute atomic E-state index is 0.120. The highest BCUT2D eigenvalue weighted by atomic mass is 79.9. The van der Waals surface area contributed by atoms with Gasteiger partial charge in [-0.1, -0.05) is 57.3 Å². The van der Waals surface area contributed by atoms with Gasteiger partial charge in [0.2, 0.25) is 0 Å². The summed E-state index contributed by atoms with van der Waals surface area (Å²) in [6.07, 6.45) is 0. The van der Waals surface area contributed by atoms with Crippen molar-refractivity contribution in [2.45, 2.75) is 13.0 Å². The number of nitrogens with one attached hydrogen (secondary N) is 1. The van der Waals surface area contributed by atoms with E-state index in [0.29, 0.717) is 10.6 Å². The lowest BCUT2D eigenvalue weighted by Crippen LogP contribution is -2.26. The molecule has 5 heteroatoms. The zero-order chi connectivity index (χ0) is 14.7. The molecule has 1 N–H and O–H groups in total. The fourth-order valence-electron chi connectivity index (χ4n) is 1.79. The lowest BCUT2D eigenvalue weighted by molar-refractivity contribution is 0.0940. The summed E-state index contributed by atoms with van der Waals surface area (Å²) < 4.78 is 0.998. The van der Waals surface area contributed by atoms with Crippen LogP contribution >= 0.6 is 39.1 Å². The van der Waals surface area contributed by atoms with Crippen LogP contribution in [0.5, 0.6) is 0 Å². The van der Waals surface area contributed by atoms with Crippen molar-refractivity contribution in [2.24, 2.45) is 0 Å². The molecule has 0 aromatic heterocycles. The number of rotatable bonds is 3. The van der Waals surface area contributed by atoms with Gasteiger partial charge in [0.15, 0.2) is 0 Å². The highest BCUT2D eigenvalue weighted by Crippen LogP contribution is 2.26. The van der Waals surface area contributed by atoms with E-state index in [1.807, 2.05) is 31.2 Å². The molecule has 0 aliphatic heterocycles. The Kier molecular flexibility index (Phi) is 5.08. The Morgan fingerprint density at radius 1 is 1.15 bits per heavy atom. The molecule has 20 heavy (non-hydrogen) atoms. The van der Waals surface area contributed by atoms with Gasteiger partial charge in [-0.2, -0.15) is 0 Å². The molecule has 0 bridgehead atoms. The molecule has 0 radical (unpaired) electrons. The first-order valence-corrected chi connectivity index (χ1v) is 7.54. The van der Waals surface area contributed by atoms with Crippen LogP contribution in [0.4, 0.5) is 0 Å². The predicted octanol–water partition coefficient (Wildman–Crippen LogP) is 5.25. The normalized spacial score (nSPS) is 12.0. The van der Waals surface area contributed by atoms with Crippen molar-refractivity contribution in [3.63, 3.8) is 0 Å². The second-order valence-electron chi connectivity index (χ2n) is 4.35. The standard InChI is InChI=1S/C15H12BrCl2NO/c1-9(10-5-7-11(16)8-6-10)19-15(20)12-3-2-4-13(17)14(12)18/h2-9H,1H3,(H,19,20). The van der Waals surface area contributed by atoms with Gasteiger partial charge in [-0.15, -0.1) is 0 Å². The SMILES string of the molecule is CC(NC(=O)c1cccc(Cl)c1Cl)c1ccc(Br)cc1. The summed E-state index contributed by atoms with van der Waals surface area (Å²) in [5.41, 5.74) is 1.39. The second-order valence-corrected chi connectivity index (χ2v) is 6.05. The van der Waals surface area contributed by atoms with Crippen LogP contribution in [0.3, 0.4) is 0 Å². The molecule has 2 nitrogen and oxygen atoms in total. The molecule has 0 spiro atoms. The smallest absolute Gasteiger partial charge is 0.253 e. The number of hydrogen-bond donors (Lipinski definition) is 1. The highest BCUT2D eigenvalue weighted by Gasteiger charge is 2.15. The molecule has 0 aliphatic rings. The molecular formula is C15H12BrCl2NO. The van der Waals surface area contributed by atoms with Crippen molar-refractivity contribution >= 4 is 45.0 Å². The number of carbonyl (C=O) groups is 1. The maximum absolute atomic E-state index is 12.2. The van der Waals surface area contributed by atoms with Gasteiger partial charge in [0.1, 0.15) is 0 Å². The zero-order valence-electron chi connectivity index (χ0n) is 10.7. The maximum Gasteiger partial charge on any atom is 0.253 e. The largest absolute Gasteiger partial charge is 0.345 e. The van der Waals surface area contributed by atoms with Crippen LogP contribution in [0.15, 0.2) is 46.9 Å². The van der Waals surface area contributed by atoms with Crippen LogP contribution in [-0.4, -0.2) is 5.91 Å². The first kappa shape index (κ1) is 15.4. The Morgan fingerprint density at radius 2 is 1.80 bits per heavy atom. The van der Waals surface area contributed by atoms with Crippen molar-refractivity contribution in [1.29, 1.82) is 0 Å². The highest BCUT2D eigenvalue weighted by molar-refractivity contribution is 9.10. The van der Waals surface area contributed by atoms with E-state index < -0.39 is 0 Å². The molecule has 2 aromatic carbocycles. The van der Waals surface area contributed by atoms with Crippen molar-refractivity contribution in [1.82, 2.24) is 5.32 Å². The fourth-order valence-corrected chi connectivity index (χ4v) is 2.44. The average Bonchev–Trinajstić information content (AvgIpc) is 2.42. The lowest BCUT2D eigenvalue weighted by atomic mass is 10.1. The molecule has 2 aromatic rings. The Labute approximate surface area is 136 Å². The lowest BCUT2D eigenvalue weighted by Gasteiger charge is -2.15. The minimum Gasteiger partial charge on any atom is -0.345 e. The van der Waals surface area contributed by atoms with E-state index in [0.717, 1.165) is 10.0 Å². The number of hydrogen-bond acceptors (Lipinski definition) is 1. The van der Waals surface area contributed by atoms with Crippen LogP contribution in [0, 0.1) is 0 Å². The third-order valence-corrected chi connectivity index (χ3v) is 4.26. The van der Waals surface area contributed by atoms with E-state index in [4.69, 9.17) is 23.2 Å². The van der Waals surface area contributed by atoms with Gasteiger partial charge in [-0.3, -0.25) is 4.79 Å². The fraction of sp³-hybridized carbons (Fsp3) is 0.133. The number of amides is 1. The molecule has 0 saturated heterocycles. The molecular weight excluding hydrogens is 361 g/mol. The summed E-state index contributed by atoms with van der Waals surface area (Å²) >= 11 is 15.3. The molecule has 1 atom stereocenters.